The molecule has 1 heterocycles. The minimum atomic E-state index is -0.831. The molecule has 0 bridgehead atoms. The van der Waals surface area contributed by atoms with Crippen molar-refractivity contribution >= 4 is 12.0 Å². The highest BCUT2D eigenvalue weighted by Crippen LogP contribution is 2.34. The number of hydrogen-bond acceptors (Lipinski definition) is 3. The Labute approximate surface area is 126 Å². The average Bonchev–Trinajstić information content (AvgIpc) is 2.47. The zero-order valence-electron chi connectivity index (χ0n) is 13.1. The van der Waals surface area contributed by atoms with E-state index in [2.05, 4.69) is 0 Å². The quantitative estimate of drug-likeness (QED) is 0.842. The van der Waals surface area contributed by atoms with E-state index < -0.39 is 11.4 Å². The molecule has 0 aromatic heterocycles. The van der Waals surface area contributed by atoms with Gasteiger partial charge in [0.15, 0.2) is 0 Å². The molecule has 118 valence electrons. The second-order valence-corrected chi connectivity index (χ2v) is 6.08. The van der Waals surface area contributed by atoms with Gasteiger partial charge in [-0.05, 0) is 39.5 Å². The molecule has 1 unspecified atom stereocenters. The molecule has 6 heteroatoms. The average molecular weight is 295 g/mol. The third kappa shape index (κ3) is 4.10. The van der Waals surface area contributed by atoms with Crippen LogP contribution in [0.1, 0.15) is 40.0 Å². The van der Waals surface area contributed by atoms with Crippen molar-refractivity contribution < 1.29 is 14.7 Å². The topological polar surface area (TPSA) is 84.6 Å². The van der Waals surface area contributed by atoms with E-state index in [0.29, 0.717) is 32.6 Å². The summed E-state index contributed by atoms with van der Waals surface area (Å²) >= 11 is 0. The van der Waals surface area contributed by atoms with E-state index in [0.717, 1.165) is 12.8 Å². The number of urea groups is 1. The number of piperidine rings is 1. The standard InChI is InChI=1S/C15H25N3O3/c1-4-17(10-6-8-16)14(21)18-9-5-7-12(11-18)15(2,3)13(19)20/h12H,4-7,9-11H2,1-3H3,(H,19,20). The molecule has 6 nitrogen and oxygen atoms in total. The molecule has 1 N–H and O–H groups in total. The molecular weight excluding hydrogens is 270 g/mol. The van der Waals surface area contributed by atoms with Crippen LogP contribution in [0, 0.1) is 22.7 Å². The van der Waals surface area contributed by atoms with E-state index >= 15 is 0 Å². The molecule has 0 radical (unpaired) electrons. The summed E-state index contributed by atoms with van der Waals surface area (Å²) in [7, 11) is 0. The first-order valence-corrected chi connectivity index (χ1v) is 7.48. The van der Waals surface area contributed by atoms with Gasteiger partial charge < -0.3 is 14.9 Å². The highest BCUT2D eigenvalue weighted by Gasteiger charge is 2.40. The molecular formula is C15H25N3O3. The Morgan fingerprint density at radius 2 is 2.14 bits per heavy atom. The maximum Gasteiger partial charge on any atom is 0.320 e. The van der Waals surface area contributed by atoms with Crippen molar-refractivity contribution in [2.75, 3.05) is 26.2 Å². The van der Waals surface area contributed by atoms with Crippen LogP contribution in [0.15, 0.2) is 0 Å². The molecule has 0 aromatic rings. The van der Waals surface area contributed by atoms with Gasteiger partial charge in [0.2, 0.25) is 0 Å². The van der Waals surface area contributed by atoms with Crippen LogP contribution in [0.25, 0.3) is 0 Å². The van der Waals surface area contributed by atoms with Crippen LogP contribution in [-0.2, 0) is 4.79 Å². The Bertz CT molecular complexity index is 428. The number of rotatable bonds is 5. The number of hydrogen-bond donors (Lipinski definition) is 1. The summed E-state index contributed by atoms with van der Waals surface area (Å²) in [5.74, 6) is -0.860. The molecule has 1 atom stereocenters. The molecule has 1 saturated heterocycles. The first kappa shape index (κ1) is 17.3. The van der Waals surface area contributed by atoms with Crippen LogP contribution in [-0.4, -0.2) is 53.1 Å². The summed E-state index contributed by atoms with van der Waals surface area (Å²) in [6.45, 7) is 7.45. The van der Waals surface area contributed by atoms with Crippen molar-refractivity contribution in [2.24, 2.45) is 11.3 Å². The smallest absolute Gasteiger partial charge is 0.320 e. The maximum atomic E-state index is 12.5. The highest BCUT2D eigenvalue weighted by atomic mass is 16.4. The van der Waals surface area contributed by atoms with Crippen molar-refractivity contribution in [3.63, 3.8) is 0 Å². The second kappa shape index (κ2) is 7.30. The van der Waals surface area contributed by atoms with E-state index in [1.54, 1.807) is 23.6 Å². The lowest BCUT2D eigenvalue weighted by Crippen LogP contribution is -2.51. The molecule has 21 heavy (non-hydrogen) atoms. The van der Waals surface area contributed by atoms with Gasteiger partial charge in [-0.2, -0.15) is 5.26 Å². The van der Waals surface area contributed by atoms with Crippen LogP contribution in [0.3, 0.4) is 0 Å². The minimum Gasteiger partial charge on any atom is -0.481 e. The van der Waals surface area contributed by atoms with E-state index in [4.69, 9.17) is 5.26 Å². The summed E-state index contributed by atoms with van der Waals surface area (Å²) in [6, 6.07) is 1.96. The number of carbonyl (C=O) groups is 2. The fraction of sp³-hybridized carbons (Fsp3) is 0.800. The molecule has 1 aliphatic heterocycles. The number of nitrogens with zero attached hydrogens (tertiary/aromatic N) is 3. The molecule has 1 fully saturated rings. The van der Waals surface area contributed by atoms with Gasteiger partial charge in [0, 0.05) is 26.2 Å². The summed E-state index contributed by atoms with van der Waals surface area (Å²) in [4.78, 5) is 27.2. The van der Waals surface area contributed by atoms with E-state index in [1.165, 1.54) is 0 Å². The summed E-state index contributed by atoms with van der Waals surface area (Å²) < 4.78 is 0. The Hall–Kier alpha value is -1.77. The van der Waals surface area contributed by atoms with Gasteiger partial charge in [-0.25, -0.2) is 4.79 Å². The summed E-state index contributed by atoms with van der Waals surface area (Å²) in [5, 5.41) is 18.0. The number of carboxylic acids is 1. The van der Waals surface area contributed by atoms with Gasteiger partial charge in [-0.15, -0.1) is 0 Å². The Morgan fingerprint density at radius 3 is 2.67 bits per heavy atom. The fourth-order valence-electron chi connectivity index (χ4n) is 2.69. The van der Waals surface area contributed by atoms with Gasteiger partial charge in [-0.3, -0.25) is 4.79 Å². The van der Waals surface area contributed by atoms with Gasteiger partial charge in [0.25, 0.3) is 0 Å². The SMILES string of the molecule is CCN(CCC#N)C(=O)N1CCCC(C(C)(C)C(=O)O)C1. The van der Waals surface area contributed by atoms with Crippen molar-refractivity contribution in [2.45, 2.75) is 40.0 Å². The lowest BCUT2D eigenvalue weighted by Gasteiger charge is -2.40. The van der Waals surface area contributed by atoms with Crippen LogP contribution < -0.4 is 0 Å². The van der Waals surface area contributed by atoms with Crippen molar-refractivity contribution in [3.05, 3.63) is 0 Å². The highest BCUT2D eigenvalue weighted by molar-refractivity contribution is 5.76. The van der Waals surface area contributed by atoms with E-state index in [1.807, 2.05) is 13.0 Å². The van der Waals surface area contributed by atoms with Crippen LogP contribution >= 0.6 is 0 Å². The largest absolute Gasteiger partial charge is 0.481 e. The molecule has 1 rings (SSSR count). The lowest BCUT2D eigenvalue weighted by molar-refractivity contribution is -0.151. The van der Waals surface area contributed by atoms with Crippen LogP contribution in [0.4, 0.5) is 4.79 Å². The monoisotopic (exact) mass is 295 g/mol. The third-order valence-corrected chi connectivity index (χ3v) is 4.41. The maximum absolute atomic E-state index is 12.5. The Morgan fingerprint density at radius 1 is 1.48 bits per heavy atom. The zero-order valence-corrected chi connectivity index (χ0v) is 13.1. The predicted octanol–water partition coefficient (Wildman–Crippen LogP) is 2.16. The minimum absolute atomic E-state index is 0.0395. The first-order valence-electron chi connectivity index (χ1n) is 7.48. The Kier molecular flexibility index (Phi) is 6.01. The second-order valence-electron chi connectivity index (χ2n) is 6.08. The molecule has 0 spiro atoms. The molecule has 2 amide bonds. The third-order valence-electron chi connectivity index (χ3n) is 4.41. The van der Waals surface area contributed by atoms with Crippen molar-refractivity contribution in [1.29, 1.82) is 5.26 Å². The van der Waals surface area contributed by atoms with Crippen LogP contribution in [0.2, 0.25) is 0 Å². The number of aliphatic carboxylic acids is 1. The molecule has 0 saturated carbocycles. The normalized spacial score (nSPS) is 19.0. The van der Waals surface area contributed by atoms with E-state index in [-0.39, 0.29) is 11.9 Å². The number of likely N-dealkylation sites (tertiary alicyclic amines) is 1. The summed E-state index contributed by atoms with van der Waals surface area (Å²) in [5.41, 5.74) is -0.831. The molecule has 0 aromatic carbocycles. The Balaban J connectivity index is 2.73. The number of carbonyl (C=O) groups excluding carboxylic acids is 1. The molecule has 1 aliphatic rings. The predicted molar refractivity (Wildman–Crippen MR) is 78.6 cm³/mol. The van der Waals surface area contributed by atoms with Gasteiger partial charge in [0.1, 0.15) is 0 Å². The lowest BCUT2D eigenvalue weighted by atomic mass is 9.74. The zero-order chi connectivity index (χ0) is 16.0. The van der Waals surface area contributed by atoms with Crippen LogP contribution in [0.5, 0.6) is 0 Å². The van der Waals surface area contributed by atoms with Gasteiger partial charge in [0.05, 0.1) is 17.9 Å². The van der Waals surface area contributed by atoms with E-state index in [9.17, 15) is 14.7 Å². The number of nitriles is 1. The molecule has 0 aliphatic carbocycles. The fourth-order valence-corrected chi connectivity index (χ4v) is 2.69. The van der Waals surface area contributed by atoms with Crippen molar-refractivity contribution in [3.8, 4) is 6.07 Å². The van der Waals surface area contributed by atoms with Gasteiger partial charge >= 0.3 is 12.0 Å². The number of amides is 2. The first-order chi connectivity index (χ1) is 9.84. The van der Waals surface area contributed by atoms with Crippen molar-refractivity contribution in [1.82, 2.24) is 9.80 Å². The summed E-state index contributed by atoms with van der Waals surface area (Å²) in [6.07, 6.45) is 1.97. The van der Waals surface area contributed by atoms with Gasteiger partial charge in [-0.1, -0.05) is 0 Å². The number of carboxylic acid groups (broad SMARTS) is 1.